The zero-order chi connectivity index (χ0) is 19.1. The Labute approximate surface area is 158 Å². The molecule has 4 nitrogen and oxygen atoms in total. The van der Waals surface area contributed by atoms with Gasteiger partial charge in [-0.1, -0.05) is 48.9 Å². The van der Waals surface area contributed by atoms with Gasteiger partial charge in [0.05, 0.1) is 6.42 Å². The van der Waals surface area contributed by atoms with Gasteiger partial charge in [-0.25, -0.2) is 4.39 Å². The summed E-state index contributed by atoms with van der Waals surface area (Å²) < 4.78 is 13.1. The van der Waals surface area contributed by atoms with Crippen molar-refractivity contribution in [1.29, 1.82) is 0 Å². The molecule has 0 fully saturated rings. The Morgan fingerprint density at radius 1 is 1.15 bits per heavy atom. The summed E-state index contributed by atoms with van der Waals surface area (Å²) in [6.45, 7) is 2.08. The summed E-state index contributed by atoms with van der Waals surface area (Å²) in [4.78, 5) is 26.7. The van der Waals surface area contributed by atoms with Crippen LogP contribution in [0.1, 0.15) is 24.5 Å². The maximum atomic E-state index is 13.1. The van der Waals surface area contributed by atoms with E-state index in [1.54, 1.807) is 25.2 Å². The molecule has 0 aromatic heterocycles. The number of carbonyl (C=O) groups excluding carboxylic acids is 2. The number of hydrogen-bond donors (Lipinski definition) is 1. The number of amides is 2. The van der Waals surface area contributed by atoms with Crippen LogP contribution < -0.4 is 5.32 Å². The first kappa shape index (κ1) is 19.9. The smallest absolute Gasteiger partial charge is 0.242 e. The monoisotopic (exact) mass is 376 g/mol. The van der Waals surface area contributed by atoms with Crippen molar-refractivity contribution in [3.63, 3.8) is 0 Å². The summed E-state index contributed by atoms with van der Waals surface area (Å²) in [5.74, 6) is -0.801. The standard InChI is InChI=1S/C20H22ClFN2O2/c1-3-18(20(26)23-2)24(13-15-6-4-5-7-17(15)21)19(25)12-14-8-10-16(22)11-9-14/h4-11,18H,3,12-13H2,1-2H3,(H,23,26)/t18-/m1/s1. The van der Waals surface area contributed by atoms with E-state index in [0.29, 0.717) is 17.0 Å². The molecule has 0 aliphatic rings. The van der Waals surface area contributed by atoms with Gasteiger partial charge < -0.3 is 10.2 Å². The van der Waals surface area contributed by atoms with Crippen LogP contribution in [0.3, 0.4) is 0 Å². The van der Waals surface area contributed by atoms with Gasteiger partial charge in [0, 0.05) is 18.6 Å². The number of likely N-dealkylation sites (N-methyl/N-ethyl adjacent to an activating group) is 1. The molecule has 138 valence electrons. The van der Waals surface area contributed by atoms with Gasteiger partial charge in [-0.3, -0.25) is 9.59 Å². The summed E-state index contributed by atoms with van der Waals surface area (Å²) in [6.07, 6.45) is 0.553. The minimum atomic E-state index is -0.607. The van der Waals surface area contributed by atoms with Crippen molar-refractivity contribution in [2.24, 2.45) is 0 Å². The van der Waals surface area contributed by atoms with Crippen LogP contribution in [0.4, 0.5) is 4.39 Å². The maximum Gasteiger partial charge on any atom is 0.242 e. The molecule has 0 saturated carbocycles. The van der Waals surface area contributed by atoms with Crippen LogP contribution in [0.25, 0.3) is 0 Å². The second kappa shape index (κ2) is 9.34. The highest BCUT2D eigenvalue weighted by Crippen LogP contribution is 2.20. The number of nitrogens with zero attached hydrogens (tertiary/aromatic N) is 1. The van der Waals surface area contributed by atoms with Gasteiger partial charge in [0.15, 0.2) is 0 Å². The average Bonchev–Trinajstić information content (AvgIpc) is 2.64. The van der Waals surface area contributed by atoms with Crippen LogP contribution in [-0.4, -0.2) is 29.8 Å². The summed E-state index contributed by atoms with van der Waals surface area (Å²) >= 11 is 6.23. The predicted octanol–water partition coefficient (Wildman–Crippen LogP) is 3.58. The second-order valence-corrected chi connectivity index (χ2v) is 6.36. The molecule has 2 rings (SSSR count). The van der Waals surface area contributed by atoms with E-state index >= 15 is 0 Å². The van der Waals surface area contributed by atoms with Crippen molar-refractivity contribution in [2.45, 2.75) is 32.4 Å². The highest BCUT2D eigenvalue weighted by molar-refractivity contribution is 6.31. The van der Waals surface area contributed by atoms with Crippen molar-refractivity contribution in [3.8, 4) is 0 Å². The molecule has 26 heavy (non-hydrogen) atoms. The minimum Gasteiger partial charge on any atom is -0.357 e. The van der Waals surface area contributed by atoms with Gasteiger partial charge in [0.1, 0.15) is 11.9 Å². The Bertz CT molecular complexity index is 765. The number of carbonyl (C=O) groups is 2. The lowest BCUT2D eigenvalue weighted by atomic mass is 10.1. The van der Waals surface area contributed by atoms with E-state index in [2.05, 4.69) is 5.32 Å². The fourth-order valence-electron chi connectivity index (χ4n) is 2.77. The molecule has 2 amide bonds. The SMILES string of the molecule is CC[C@H](C(=O)NC)N(Cc1ccccc1Cl)C(=O)Cc1ccc(F)cc1. The number of benzene rings is 2. The largest absolute Gasteiger partial charge is 0.357 e. The van der Waals surface area contributed by atoms with Gasteiger partial charge in [0.25, 0.3) is 0 Å². The van der Waals surface area contributed by atoms with Crippen molar-refractivity contribution in [2.75, 3.05) is 7.05 Å². The Hall–Kier alpha value is -2.40. The zero-order valence-corrected chi connectivity index (χ0v) is 15.6. The van der Waals surface area contributed by atoms with Crippen LogP contribution in [0.2, 0.25) is 5.02 Å². The molecule has 0 aliphatic carbocycles. The Morgan fingerprint density at radius 2 is 1.81 bits per heavy atom. The van der Waals surface area contributed by atoms with Gasteiger partial charge in [-0.2, -0.15) is 0 Å². The molecule has 1 N–H and O–H groups in total. The third kappa shape index (κ3) is 5.05. The first-order valence-electron chi connectivity index (χ1n) is 8.45. The van der Waals surface area contributed by atoms with Crippen molar-refractivity contribution in [3.05, 3.63) is 70.5 Å². The molecule has 6 heteroatoms. The van der Waals surface area contributed by atoms with Crippen LogP contribution in [-0.2, 0) is 22.6 Å². The van der Waals surface area contributed by atoms with Gasteiger partial charge >= 0.3 is 0 Å². The number of rotatable bonds is 7. The molecule has 1 atom stereocenters. The van der Waals surface area contributed by atoms with E-state index in [4.69, 9.17) is 11.6 Å². The van der Waals surface area contributed by atoms with E-state index in [-0.39, 0.29) is 30.6 Å². The number of nitrogens with one attached hydrogen (secondary N) is 1. The molecule has 0 heterocycles. The van der Waals surface area contributed by atoms with Gasteiger partial charge in [-0.15, -0.1) is 0 Å². The van der Waals surface area contributed by atoms with Crippen LogP contribution in [0.15, 0.2) is 48.5 Å². The first-order valence-corrected chi connectivity index (χ1v) is 8.83. The topological polar surface area (TPSA) is 49.4 Å². The van der Waals surface area contributed by atoms with Gasteiger partial charge in [0.2, 0.25) is 11.8 Å². The third-order valence-corrected chi connectivity index (χ3v) is 4.57. The molecule has 0 spiro atoms. The summed E-state index contributed by atoms with van der Waals surface area (Å²) in [5, 5.41) is 3.15. The molecular formula is C20H22ClFN2O2. The Balaban J connectivity index is 2.29. The molecule has 0 aliphatic heterocycles. The van der Waals surface area contributed by atoms with Crippen LogP contribution in [0.5, 0.6) is 0 Å². The van der Waals surface area contributed by atoms with Crippen LogP contribution >= 0.6 is 11.6 Å². The molecule has 0 bridgehead atoms. The average molecular weight is 377 g/mol. The summed E-state index contributed by atoms with van der Waals surface area (Å²) in [7, 11) is 1.54. The lowest BCUT2D eigenvalue weighted by Crippen LogP contribution is -2.48. The third-order valence-electron chi connectivity index (χ3n) is 4.20. The molecule has 2 aromatic rings. The van der Waals surface area contributed by atoms with Crippen molar-refractivity contribution < 1.29 is 14.0 Å². The van der Waals surface area contributed by atoms with E-state index < -0.39 is 6.04 Å². The lowest BCUT2D eigenvalue weighted by Gasteiger charge is -2.30. The highest BCUT2D eigenvalue weighted by atomic mass is 35.5. The summed E-state index contributed by atoms with van der Waals surface area (Å²) in [5.41, 5.74) is 1.45. The lowest BCUT2D eigenvalue weighted by molar-refractivity contribution is -0.140. The van der Waals surface area contributed by atoms with Crippen LogP contribution in [0, 0.1) is 5.82 Å². The van der Waals surface area contributed by atoms with E-state index in [0.717, 1.165) is 5.56 Å². The van der Waals surface area contributed by atoms with Crippen molar-refractivity contribution >= 4 is 23.4 Å². The quantitative estimate of drug-likeness (QED) is 0.803. The minimum absolute atomic E-state index is 0.0816. The first-order chi connectivity index (χ1) is 12.5. The second-order valence-electron chi connectivity index (χ2n) is 5.95. The fraction of sp³-hybridized carbons (Fsp3) is 0.300. The number of hydrogen-bond acceptors (Lipinski definition) is 2. The molecular weight excluding hydrogens is 355 g/mol. The fourth-order valence-corrected chi connectivity index (χ4v) is 2.97. The van der Waals surface area contributed by atoms with E-state index in [9.17, 15) is 14.0 Å². The number of halogens is 2. The highest BCUT2D eigenvalue weighted by Gasteiger charge is 2.28. The maximum absolute atomic E-state index is 13.1. The van der Waals surface area contributed by atoms with Gasteiger partial charge in [-0.05, 0) is 35.7 Å². The van der Waals surface area contributed by atoms with E-state index in [1.807, 2.05) is 25.1 Å². The Morgan fingerprint density at radius 3 is 2.38 bits per heavy atom. The zero-order valence-electron chi connectivity index (χ0n) is 14.8. The summed E-state index contributed by atoms with van der Waals surface area (Å²) in [6, 6.07) is 12.4. The van der Waals surface area contributed by atoms with Crippen molar-refractivity contribution in [1.82, 2.24) is 10.2 Å². The van der Waals surface area contributed by atoms with E-state index in [1.165, 1.54) is 17.0 Å². The molecule has 0 saturated heterocycles. The Kier molecular flexibility index (Phi) is 7.16. The molecule has 0 unspecified atom stereocenters. The normalized spacial score (nSPS) is 11.7. The molecule has 2 aromatic carbocycles. The molecule has 0 radical (unpaired) electrons. The predicted molar refractivity (Wildman–Crippen MR) is 100 cm³/mol.